The molecule has 1 aromatic rings. The Morgan fingerprint density at radius 3 is 2.68 bits per heavy atom. The zero-order valence-electron chi connectivity index (χ0n) is 19.8. The molecule has 2 heterocycles. The van der Waals surface area contributed by atoms with E-state index in [2.05, 4.69) is 5.32 Å². The number of hydrogen-bond acceptors (Lipinski definition) is 9. The predicted octanol–water partition coefficient (Wildman–Crippen LogP) is 2.61. The Labute approximate surface area is 198 Å². The number of nitrogens with one attached hydrogen (secondary N) is 1. The molecule has 0 amide bonds. The average Bonchev–Trinajstić information content (AvgIpc) is 3.28. The Morgan fingerprint density at radius 2 is 1.94 bits per heavy atom. The molecule has 1 aliphatic carbocycles. The van der Waals surface area contributed by atoms with Crippen LogP contribution in [0.2, 0.25) is 0 Å². The van der Waals surface area contributed by atoms with E-state index in [1.165, 1.54) is 7.11 Å². The highest BCUT2D eigenvalue weighted by Gasteiger charge is 2.47. The van der Waals surface area contributed by atoms with E-state index in [-0.39, 0.29) is 31.7 Å². The molecule has 3 atom stereocenters. The number of Topliss-reactive ketones (excluding diaryl/α,β-unsaturated/α-hetero) is 1. The predicted molar refractivity (Wildman–Crippen MR) is 120 cm³/mol. The minimum Gasteiger partial charge on any atom is -0.468 e. The molecule has 0 bridgehead atoms. The van der Waals surface area contributed by atoms with Crippen LogP contribution in [0, 0.1) is 11.8 Å². The van der Waals surface area contributed by atoms with Crippen LogP contribution in [0.15, 0.2) is 40.7 Å². The van der Waals surface area contributed by atoms with Gasteiger partial charge in [0.05, 0.1) is 19.3 Å². The van der Waals surface area contributed by atoms with Crippen LogP contribution in [-0.2, 0) is 28.6 Å². The fraction of sp³-hybridized carbons (Fsp3) is 0.480. The largest absolute Gasteiger partial charge is 0.468 e. The van der Waals surface area contributed by atoms with Crippen molar-refractivity contribution in [1.29, 1.82) is 0 Å². The molecule has 3 aliphatic rings. The van der Waals surface area contributed by atoms with Crippen molar-refractivity contribution >= 4 is 17.7 Å². The first kappa shape index (κ1) is 23.8. The summed E-state index contributed by atoms with van der Waals surface area (Å²) in [6, 6.07) is 5.32. The third-order valence-corrected chi connectivity index (χ3v) is 6.36. The molecule has 9 heteroatoms. The van der Waals surface area contributed by atoms with E-state index in [9.17, 15) is 14.4 Å². The summed E-state index contributed by atoms with van der Waals surface area (Å²) in [6.07, 6.45) is 0.464. The van der Waals surface area contributed by atoms with E-state index in [1.807, 2.05) is 13.8 Å². The first-order valence-electron chi connectivity index (χ1n) is 11.3. The van der Waals surface area contributed by atoms with Gasteiger partial charge in [-0.2, -0.15) is 0 Å². The van der Waals surface area contributed by atoms with Crippen molar-refractivity contribution in [3.63, 3.8) is 0 Å². The lowest BCUT2D eigenvalue weighted by Crippen LogP contribution is -2.43. The molecule has 34 heavy (non-hydrogen) atoms. The monoisotopic (exact) mass is 471 g/mol. The molecule has 0 spiro atoms. The van der Waals surface area contributed by atoms with Gasteiger partial charge in [-0.25, -0.2) is 4.79 Å². The fourth-order valence-corrected chi connectivity index (χ4v) is 4.79. The average molecular weight is 472 g/mol. The van der Waals surface area contributed by atoms with E-state index >= 15 is 0 Å². The van der Waals surface area contributed by atoms with E-state index in [0.29, 0.717) is 52.6 Å². The van der Waals surface area contributed by atoms with Gasteiger partial charge in [-0.3, -0.25) is 9.59 Å². The Balaban J connectivity index is 1.78. The summed E-state index contributed by atoms with van der Waals surface area (Å²) in [7, 11) is 1.27. The van der Waals surface area contributed by atoms with Crippen LogP contribution < -0.4 is 14.8 Å². The van der Waals surface area contributed by atoms with Crippen LogP contribution in [0.3, 0.4) is 0 Å². The minimum absolute atomic E-state index is 0.0823. The van der Waals surface area contributed by atoms with Gasteiger partial charge < -0.3 is 29.0 Å². The summed E-state index contributed by atoms with van der Waals surface area (Å²) in [5.41, 5.74) is 2.64. The van der Waals surface area contributed by atoms with Gasteiger partial charge in [0.2, 0.25) is 6.79 Å². The highest BCUT2D eigenvalue weighted by Crippen LogP contribution is 2.47. The minimum atomic E-state index is -0.948. The lowest BCUT2D eigenvalue weighted by atomic mass is 9.69. The van der Waals surface area contributed by atoms with E-state index in [4.69, 9.17) is 23.7 Å². The Kier molecular flexibility index (Phi) is 6.92. The number of ether oxygens (including phenoxy) is 5. The molecule has 0 unspecified atom stereocenters. The summed E-state index contributed by atoms with van der Waals surface area (Å²) in [4.78, 5) is 39.5. The van der Waals surface area contributed by atoms with E-state index in [1.54, 1.807) is 25.1 Å². The molecule has 1 N–H and O–H groups in total. The maximum atomic E-state index is 13.7. The molecule has 1 aromatic carbocycles. The second-order valence-electron chi connectivity index (χ2n) is 8.48. The lowest BCUT2D eigenvalue weighted by molar-refractivity contribution is -0.151. The third-order valence-electron chi connectivity index (χ3n) is 6.36. The normalized spacial score (nSPS) is 23.4. The van der Waals surface area contributed by atoms with E-state index in [0.717, 1.165) is 0 Å². The second kappa shape index (κ2) is 9.89. The molecule has 2 aliphatic heterocycles. The van der Waals surface area contributed by atoms with Crippen LogP contribution >= 0.6 is 0 Å². The number of fused-ring (bicyclic) bond motifs is 1. The second-order valence-corrected chi connectivity index (χ2v) is 8.48. The maximum Gasteiger partial charge on any atom is 0.336 e. The molecular weight excluding hydrogens is 442 g/mol. The standard InChI is InChI=1S/C25H29NO8/c1-5-31-8-9-32-25(29)20-14(3)26-16-10-13(2)19(24(28)30-4)23(27)22(16)21(20)15-6-7-17-18(11-15)34-12-33-17/h6-7,11,13,19,21,26H,5,8-10,12H2,1-4H3/t13-,19-,21+/m1/s1. The smallest absolute Gasteiger partial charge is 0.336 e. The molecule has 182 valence electrons. The maximum absolute atomic E-state index is 13.7. The Morgan fingerprint density at radius 1 is 1.18 bits per heavy atom. The van der Waals surface area contributed by atoms with Crippen LogP contribution in [0.4, 0.5) is 0 Å². The van der Waals surface area contributed by atoms with Crippen LogP contribution in [0.5, 0.6) is 11.5 Å². The van der Waals surface area contributed by atoms with Crippen molar-refractivity contribution < 1.29 is 38.1 Å². The summed E-state index contributed by atoms with van der Waals surface area (Å²) < 4.78 is 26.7. The highest BCUT2D eigenvalue weighted by atomic mass is 16.7. The zero-order valence-corrected chi connectivity index (χ0v) is 19.8. The van der Waals surface area contributed by atoms with Gasteiger partial charge in [-0.05, 0) is 43.9 Å². The molecule has 4 rings (SSSR count). The molecule has 0 aromatic heterocycles. The van der Waals surface area contributed by atoms with Crippen molar-refractivity contribution in [2.45, 2.75) is 33.1 Å². The van der Waals surface area contributed by atoms with Gasteiger partial charge in [0, 0.05) is 29.5 Å². The fourth-order valence-electron chi connectivity index (χ4n) is 4.79. The molecule has 0 radical (unpaired) electrons. The van der Waals surface area contributed by atoms with Crippen molar-refractivity contribution in [2.75, 3.05) is 33.7 Å². The quantitative estimate of drug-likeness (QED) is 0.365. The molecule has 0 fully saturated rings. The molecule has 9 nitrogen and oxygen atoms in total. The number of methoxy groups -OCH3 is 1. The topological polar surface area (TPSA) is 109 Å². The van der Waals surface area contributed by atoms with Gasteiger partial charge in [-0.1, -0.05) is 13.0 Å². The van der Waals surface area contributed by atoms with Gasteiger partial charge in [0.25, 0.3) is 0 Å². The number of esters is 2. The third kappa shape index (κ3) is 4.27. The Hall–Kier alpha value is -3.33. The number of carbonyl (C=O) groups is 3. The Bertz CT molecular complexity index is 1070. The SMILES string of the molecule is CCOCCOC(=O)C1=C(C)NC2=C(C(=O)[C@H](C(=O)OC)[C@H](C)C2)[C@H]1c1ccc2c(c1)OCO2. The highest BCUT2D eigenvalue weighted by molar-refractivity contribution is 6.12. The van der Waals surface area contributed by atoms with Crippen molar-refractivity contribution in [3.05, 3.63) is 46.3 Å². The van der Waals surface area contributed by atoms with Crippen molar-refractivity contribution in [3.8, 4) is 11.5 Å². The van der Waals surface area contributed by atoms with Gasteiger partial charge in [0.15, 0.2) is 17.3 Å². The number of carbonyl (C=O) groups excluding carboxylic acids is 3. The van der Waals surface area contributed by atoms with E-state index < -0.39 is 23.8 Å². The number of dihydropyridines is 1. The number of benzene rings is 1. The number of allylic oxidation sites excluding steroid dienone is 3. The summed E-state index contributed by atoms with van der Waals surface area (Å²) >= 11 is 0. The summed E-state index contributed by atoms with van der Waals surface area (Å²) in [5.74, 6) is -2.32. The lowest BCUT2D eigenvalue weighted by Gasteiger charge is -2.38. The van der Waals surface area contributed by atoms with Crippen molar-refractivity contribution in [2.24, 2.45) is 11.8 Å². The first-order chi connectivity index (χ1) is 16.4. The van der Waals surface area contributed by atoms with Gasteiger partial charge in [-0.15, -0.1) is 0 Å². The summed E-state index contributed by atoms with van der Waals surface area (Å²) in [6.45, 7) is 6.45. The molecular formula is C25H29NO8. The summed E-state index contributed by atoms with van der Waals surface area (Å²) in [5, 5.41) is 3.24. The molecule has 0 saturated heterocycles. The zero-order chi connectivity index (χ0) is 24.4. The first-order valence-corrected chi connectivity index (χ1v) is 11.3. The van der Waals surface area contributed by atoms with Crippen LogP contribution in [-0.4, -0.2) is 51.4 Å². The number of hydrogen-bond donors (Lipinski definition) is 1. The van der Waals surface area contributed by atoms with Gasteiger partial charge >= 0.3 is 11.9 Å². The molecule has 0 saturated carbocycles. The number of ketones is 1. The van der Waals surface area contributed by atoms with Gasteiger partial charge in [0.1, 0.15) is 12.5 Å². The van der Waals surface area contributed by atoms with Crippen LogP contribution in [0.1, 0.15) is 38.7 Å². The number of rotatable bonds is 7. The van der Waals surface area contributed by atoms with Crippen LogP contribution in [0.25, 0.3) is 0 Å². The van der Waals surface area contributed by atoms with Crippen molar-refractivity contribution in [1.82, 2.24) is 5.32 Å².